The quantitative estimate of drug-likeness (QED) is 0.781. The molecule has 1 aliphatic heterocycles. The van der Waals surface area contributed by atoms with Crippen LogP contribution in [0.1, 0.15) is 24.3 Å². The number of methoxy groups -OCH3 is 1. The predicted molar refractivity (Wildman–Crippen MR) is 67.3 cm³/mol. The Morgan fingerprint density at radius 1 is 1.50 bits per heavy atom. The summed E-state index contributed by atoms with van der Waals surface area (Å²) >= 11 is 6.23. The molecule has 1 saturated heterocycles. The highest BCUT2D eigenvalue weighted by Crippen LogP contribution is 2.35. The first-order chi connectivity index (χ1) is 7.72. The van der Waals surface area contributed by atoms with Gasteiger partial charge >= 0.3 is 0 Å². The largest absolute Gasteiger partial charge is 0.495 e. The summed E-state index contributed by atoms with van der Waals surface area (Å²) in [5, 5.41) is 4.12. The Hall–Kier alpha value is -0.930. The number of nitrogen functional groups attached to an aromatic ring is 1. The highest BCUT2D eigenvalue weighted by molar-refractivity contribution is 6.31. The van der Waals surface area contributed by atoms with Crippen molar-refractivity contribution in [2.45, 2.75) is 18.8 Å². The van der Waals surface area contributed by atoms with Crippen LogP contribution in [0.5, 0.6) is 5.75 Å². The molecule has 0 spiro atoms. The van der Waals surface area contributed by atoms with E-state index in [2.05, 4.69) is 5.32 Å². The summed E-state index contributed by atoms with van der Waals surface area (Å²) in [6.07, 6.45) is 2.35. The fourth-order valence-corrected chi connectivity index (χ4v) is 2.52. The molecule has 0 saturated carbocycles. The van der Waals surface area contributed by atoms with Crippen LogP contribution in [0, 0.1) is 0 Å². The summed E-state index contributed by atoms with van der Waals surface area (Å²) in [7, 11) is 1.63. The molecule has 88 valence electrons. The van der Waals surface area contributed by atoms with Gasteiger partial charge in [-0.05, 0) is 43.0 Å². The van der Waals surface area contributed by atoms with Crippen LogP contribution in [0.4, 0.5) is 5.69 Å². The van der Waals surface area contributed by atoms with Crippen molar-refractivity contribution in [2.75, 3.05) is 25.9 Å². The molecular weight excluding hydrogens is 224 g/mol. The van der Waals surface area contributed by atoms with Gasteiger partial charge in [-0.1, -0.05) is 11.6 Å². The third-order valence-electron chi connectivity index (χ3n) is 3.09. The van der Waals surface area contributed by atoms with Crippen LogP contribution in [0.25, 0.3) is 0 Å². The van der Waals surface area contributed by atoms with Crippen molar-refractivity contribution < 1.29 is 4.74 Å². The van der Waals surface area contributed by atoms with E-state index in [-0.39, 0.29) is 0 Å². The Morgan fingerprint density at radius 3 is 2.94 bits per heavy atom. The minimum Gasteiger partial charge on any atom is -0.495 e. The zero-order chi connectivity index (χ0) is 11.5. The molecular formula is C12H17ClN2O. The monoisotopic (exact) mass is 240 g/mol. The second kappa shape index (κ2) is 4.93. The van der Waals surface area contributed by atoms with E-state index in [9.17, 15) is 0 Å². The number of benzene rings is 1. The first-order valence-corrected chi connectivity index (χ1v) is 5.93. The van der Waals surface area contributed by atoms with Crippen LogP contribution >= 0.6 is 11.6 Å². The van der Waals surface area contributed by atoms with E-state index >= 15 is 0 Å². The molecule has 3 N–H and O–H groups in total. The summed E-state index contributed by atoms with van der Waals surface area (Å²) in [6.45, 7) is 2.08. The Morgan fingerprint density at radius 2 is 2.31 bits per heavy atom. The SMILES string of the molecule is COc1cc(C2CCCNC2)c(Cl)cc1N. The van der Waals surface area contributed by atoms with E-state index in [4.69, 9.17) is 22.1 Å². The van der Waals surface area contributed by atoms with Crippen LogP contribution in [-0.4, -0.2) is 20.2 Å². The van der Waals surface area contributed by atoms with Crippen molar-refractivity contribution in [1.82, 2.24) is 5.32 Å². The average Bonchev–Trinajstić information content (AvgIpc) is 2.30. The smallest absolute Gasteiger partial charge is 0.142 e. The predicted octanol–water partition coefficient (Wildman–Crippen LogP) is 2.40. The van der Waals surface area contributed by atoms with Gasteiger partial charge in [-0.2, -0.15) is 0 Å². The molecule has 1 aromatic rings. The van der Waals surface area contributed by atoms with Gasteiger partial charge in [0.25, 0.3) is 0 Å². The zero-order valence-electron chi connectivity index (χ0n) is 9.42. The number of hydrogen-bond donors (Lipinski definition) is 2. The molecule has 0 radical (unpaired) electrons. The molecule has 3 nitrogen and oxygen atoms in total. The second-order valence-corrected chi connectivity index (χ2v) is 4.57. The van der Waals surface area contributed by atoms with Crippen LogP contribution in [0.15, 0.2) is 12.1 Å². The summed E-state index contributed by atoms with van der Waals surface area (Å²) < 4.78 is 5.23. The zero-order valence-corrected chi connectivity index (χ0v) is 10.2. The van der Waals surface area contributed by atoms with Crippen molar-refractivity contribution in [1.29, 1.82) is 0 Å². The van der Waals surface area contributed by atoms with E-state index in [1.165, 1.54) is 12.8 Å². The third-order valence-corrected chi connectivity index (χ3v) is 3.41. The molecule has 16 heavy (non-hydrogen) atoms. The minimum absolute atomic E-state index is 0.468. The van der Waals surface area contributed by atoms with Gasteiger partial charge in [-0.15, -0.1) is 0 Å². The van der Waals surface area contributed by atoms with E-state index < -0.39 is 0 Å². The highest BCUT2D eigenvalue weighted by Gasteiger charge is 2.19. The number of anilines is 1. The lowest BCUT2D eigenvalue weighted by atomic mass is 9.91. The fourth-order valence-electron chi connectivity index (χ4n) is 2.19. The first-order valence-electron chi connectivity index (χ1n) is 5.56. The molecule has 2 rings (SSSR count). The standard InChI is InChI=1S/C12H17ClN2O/c1-16-12-5-9(10(13)6-11(12)14)8-3-2-4-15-7-8/h5-6,8,15H,2-4,7,14H2,1H3. The van der Waals surface area contributed by atoms with Crippen LogP contribution in [-0.2, 0) is 0 Å². The lowest BCUT2D eigenvalue weighted by molar-refractivity contribution is 0.413. The van der Waals surface area contributed by atoms with Crippen molar-refractivity contribution >= 4 is 17.3 Å². The van der Waals surface area contributed by atoms with E-state index in [1.54, 1.807) is 13.2 Å². The number of piperidine rings is 1. The molecule has 1 unspecified atom stereocenters. The van der Waals surface area contributed by atoms with Gasteiger partial charge in [0.05, 0.1) is 12.8 Å². The Balaban J connectivity index is 2.31. The van der Waals surface area contributed by atoms with E-state index in [1.807, 2.05) is 6.07 Å². The molecule has 0 aliphatic carbocycles. The second-order valence-electron chi connectivity index (χ2n) is 4.16. The molecule has 0 aromatic heterocycles. The molecule has 1 atom stereocenters. The molecule has 0 amide bonds. The van der Waals surface area contributed by atoms with Gasteiger partial charge in [0.1, 0.15) is 5.75 Å². The number of nitrogens with one attached hydrogen (secondary N) is 1. The van der Waals surface area contributed by atoms with Gasteiger partial charge in [0, 0.05) is 11.6 Å². The molecule has 1 aliphatic rings. The third kappa shape index (κ3) is 2.25. The summed E-state index contributed by atoms with van der Waals surface area (Å²) in [5.74, 6) is 1.18. The van der Waals surface area contributed by atoms with Crippen molar-refractivity contribution in [2.24, 2.45) is 0 Å². The van der Waals surface area contributed by atoms with Gasteiger partial charge in [0.15, 0.2) is 0 Å². The Labute approximate surface area is 101 Å². The molecule has 1 fully saturated rings. The van der Waals surface area contributed by atoms with Crippen molar-refractivity contribution in [3.8, 4) is 5.75 Å². The molecule has 1 heterocycles. The highest BCUT2D eigenvalue weighted by atomic mass is 35.5. The van der Waals surface area contributed by atoms with Gasteiger partial charge < -0.3 is 15.8 Å². The van der Waals surface area contributed by atoms with Crippen LogP contribution in [0.3, 0.4) is 0 Å². The lowest BCUT2D eigenvalue weighted by Crippen LogP contribution is -2.28. The Bertz CT molecular complexity index is 376. The molecule has 1 aromatic carbocycles. The van der Waals surface area contributed by atoms with Crippen LogP contribution in [0.2, 0.25) is 5.02 Å². The summed E-state index contributed by atoms with van der Waals surface area (Å²) in [5.41, 5.74) is 7.54. The normalized spacial score (nSPS) is 20.8. The maximum Gasteiger partial charge on any atom is 0.142 e. The number of rotatable bonds is 2. The van der Waals surface area contributed by atoms with Gasteiger partial charge in [-0.25, -0.2) is 0 Å². The first kappa shape index (κ1) is 11.6. The van der Waals surface area contributed by atoms with E-state index in [0.29, 0.717) is 17.4 Å². The fraction of sp³-hybridized carbons (Fsp3) is 0.500. The number of nitrogens with two attached hydrogens (primary N) is 1. The minimum atomic E-state index is 0.468. The molecule has 0 bridgehead atoms. The maximum absolute atomic E-state index is 6.23. The van der Waals surface area contributed by atoms with E-state index in [0.717, 1.165) is 23.7 Å². The Kier molecular flexibility index (Phi) is 3.56. The lowest BCUT2D eigenvalue weighted by Gasteiger charge is -2.24. The molecule has 4 heteroatoms. The average molecular weight is 241 g/mol. The maximum atomic E-state index is 6.23. The topological polar surface area (TPSA) is 47.3 Å². The summed E-state index contributed by atoms with van der Waals surface area (Å²) in [4.78, 5) is 0. The van der Waals surface area contributed by atoms with Crippen molar-refractivity contribution in [3.05, 3.63) is 22.7 Å². The summed E-state index contributed by atoms with van der Waals surface area (Å²) in [6, 6.07) is 3.75. The number of hydrogen-bond acceptors (Lipinski definition) is 3. The van der Waals surface area contributed by atoms with Gasteiger partial charge in [-0.3, -0.25) is 0 Å². The van der Waals surface area contributed by atoms with Crippen molar-refractivity contribution in [3.63, 3.8) is 0 Å². The number of ether oxygens (including phenoxy) is 1. The van der Waals surface area contributed by atoms with Crippen LogP contribution < -0.4 is 15.8 Å². The number of halogens is 1. The van der Waals surface area contributed by atoms with Gasteiger partial charge in [0.2, 0.25) is 0 Å².